The van der Waals surface area contributed by atoms with E-state index in [1.165, 1.54) is 5.56 Å². The molecule has 0 radical (unpaired) electrons. The van der Waals surface area contributed by atoms with E-state index in [0.29, 0.717) is 23.5 Å². The lowest BCUT2D eigenvalue weighted by atomic mass is 9.55. The van der Waals surface area contributed by atoms with Crippen molar-refractivity contribution in [1.29, 1.82) is 0 Å². The molecule has 3 aliphatic carbocycles. The van der Waals surface area contributed by atoms with Crippen molar-refractivity contribution in [2.75, 3.05) is 0 Å². The Balaban J connectivity index is 1.39. The lowest BCUT2D eigenvalue weighted by molar-refractivity contribution is -0.0226. The number of nitrogens with two attached hydrogens (primary N) is 1. The summed E-state index contributed by atoms with van der Waals surface area (Å²) in [5.41, 5.74) is 2.33. The molecule has 0 spiro atoms. The summed E-state index contributed by atoms with van der Waals surface area (Å²) in [4.78, 5) is 12.5. The van der Waals surface area contributed by atoms with Gasteiger partial charge in [0, 0.05) is 0 Å². The van der Waals surface area contributed by atoms with E-state index in [1.807, 2.05) is 12.1 Å². The van der Waals surface area contributed by atoms with Crippen LogP contribution in [0.2, 0.25) is 10.0 Å². The third kappa shape index (κ3) is 3.95. The minimum absolute atomic E-state index is 0.0280. The molecule has 0 unspecified atom stereocenters. The number of ether oxygens (including phenoxy) is 1. The number of carbonyl (C=O) groups is 1. The summed E-state index contributed by atoms with van der Waals surface area (Å²) in [6.07, 6.45) is 5.80. The molecule has 3 N–H and O–H groups in total. The number of esters is 1. The van der Waals surface area contributed by atoms with Crippen molar-refractivity contribution >= 4 is 39.2 Å². The maximum absolute atomic E-state index is 12.8. The number of halogens is 2. The van der Waals surface area contributed by atoms with Crippen LogP contribution in [-0.4, -0.2) is 25.6 Å². The first-order chi connectivity index (χ1) is 16.0. The summed E-state index contributed by atoms with van der Waals surface area (Å²) >= 11 is 12.2. The standard InChI is InChI=1S/C25H27Cl2NO5S/c1-25-9-8-17-16-5-3-14(10-13(16)2-4-18(17)20(25)6-7-22(25)29)33-24(30)19-11-15(34(28,31)32)12-21(26)23(19)27/h3,5,10-12,17-18,20,22,29H,2,4,6-9H2,1H3,(H2,28,31,32)/t17-,18-,20+,22+,25+/m1/s1. The van der Waals surface area contributed by atoms with E-state index in [2.05, 4.69) is 6.92 Å². The molecule has 3 aliphatic rings. The van der Waals surface area contributed by atoms with Crippen LogP contribution in [0.25, 0.3) is 0 Å². The van der Waals surface area contributed by atoms with Crippen LogP contribution in [0, 0.1) is 17.3 Å². The van der Waals surface area contributed by atoms with Crippen LogP contribution >= 0.6 is 23.2 Å². The van der Waals surface area contributed by atoms with E-state index in [9.17, 15) is 18.3 Å². The van der Waals surface area contributed by atoms with E-state index in [-0.39, 0.29) is 32.0 Å². The zero-order chi connectivity index (χ0) is 24.4. The van der Waals surface area contributed by atoms with E-state index in [1.54, 1.807) is 6.07 Å². The fourth-order valence-electron chi connectivity index (χ4n) is 6.63. The van der Waals surface area contributed by atoms with E-state index < -0.39 is 16.0 Å². The van der Waals surface area contributed by atoms with Gasteiger partial charge in [0.25, 0.3) is 0 Å². The minimum atomic E-state index is -4.08. The molecule has 2 fully saturated rings. The first kappa shape index (κ1) is 24.1. The Morgan fingerprint density at radius 1 is 1.15 bits per heavy atom. The number of fused-ring (bicyclic) bond motifs is 5. The molecule has 9 heteroatoms. The molecule has 0 saturated heterocycles. The number of carbonyl (C=O) groups excluding carboxylic acids is 1. The van der Waals surface area contributed by atoms with Crippen molar-refractivity contribution in [2.24, 2.45) is 22.4 Å². The Labute approximate surface area is 209 Å². The summed E-state index contributed by atoms with van der Waals surface area (Å²) in [5.74, 6) is 1.13. The second kappa shape index (κ2) is 8.49. The smallest absolute Gasteiger partial charge is 0.345 e. The minimum Gasteiger partial charge on any atom is -0.423 e. The summed E-state index contributed by atoms with van der Waals surface area (Å²) in [6, 6.07) is 7.88. The molecule has 5 rings (SSSR count). The molecule has 0 aromatic heterocycles. The van der Waals surface area contributed by atoms with Crippen molar-refractivity contribution < 1.29 is 23.1 Å². The lowest BCUT2D eigenvalue weighted by Crippen LogP contribution is -2.43. The van der Waals surface area contributed by atoms with Crippen LogP contribution in [0.1, 0.15) is 66.4 Å². The Kier molecular flexibility index (Phi) is 6.01. The van der Waals surface area contributed by atoms with Crippen molar-refractivity contribution in [3.8, 4) is 5.75 Å². The fourth-order valence-corrected chi connectivity index (χ4v) is 7.67. The second-order valence-electron chi connectivity index (χ2n) is 10.1. The van der Waals surface area contributed by atoms with Gasteiger partial charge in [0.15, 0.2) is 0 Å². The number of aliphatic hydroxyl groups excluding tert-OH is 1. The molecule has 0 amide bonds. The number of rotatable bonds is 3. The summed E-state index contributed by atoms with van der Waals surface area (Å²) in [5, 5.41) is 15.6. The molecule has 5 atom stereocenters. The Bertz CT molecular complexity index is 1280. The topological polar surface area (TPSA) is 107 Å². The van der Waals surface area contributed by atoms with Crippen molar-refractivity contribution in [3.05, 3.63) is 57.1 Å². The van der Waals surface area contributed by atoms with E-state index in [4.69, 9.17) is 33.1 Å². The fraction of sp³-hybridized carbons (Fsp3) is 0.480. The molecule has 34 heavy (non-hydrogen) atoms. The highest BCUT2D eigenvalue weighted by atomic mass is 35.5. The molecule has 0 heterocycles. The number of aliphatic hydroxyl groups is 1. The van der Waals surface area contributed by atoms with Crippen LogP contribution in [0.15, 0.2) is 35.2 Å². The third-order valence-corrected chi connectivity index (χ3v) is 10.1. The number of hydrogen-bond acceptors (Lipinski definition) is 5. The van der Waals surface area contributed by atoms with Gasteiger partial charge in [-0.2, -0.15) is 0 Å². The van der Waals surface area contributed by atoms with Crippen molar-refractivity contribution in [3.63, 3.8) is 0 Å². The average molecular weight is 524 g/mol. The summed E-state index contributed by atoms with van der Waals surface area (Å²) in [7, 11) is -4.08. The third-order valence-electron chi connectivity index (χ3n) is 8.41. The summed E-state index contributed by atoms with van der Waals surface area (Å²) in [6.45, 7) is 2.26. The number of primary sulfonamides is 1. The molecule has 6 nitrogen and oxygen atoms in total. The highest BCUT2D eigenvalue weighted by Gasteiger charge is 2.54. The predicted molar refractivity (Wildman–Crippen MR) is 130 cm³/mol. The largest absolute Gasteiger partial charge is 0.423 e. The van der Waals surface area contributed by atoms with Gasteiger partial charge in [-0.25, -0.2) is 18.4 Å². The zero-order valence-corrected chi connectivity index (χ0v) is 21.1. The molecular formula is C25H27Cl2NO5S. The Morgan fingerprint density at radius 2 is 1.91 bits per heavy atom. The van der Waals surface area contributed by atoms with Crippen LogP contribution in [0.4, 0.5) is 0 Å². The zero-order valence-electron chi connectivity index (χ0n) is 18.8. The monoisotopic (exact) mass is 523 g/mol. The van der Waals surface area contributed by atoms with Crippen LogP contribution < -0.4 is 9.88 Å². The SMILES string of the molecule is C[C@]12CC[C@@H]3c4ccc(OC(=O)c5cc(S(N)(=O)=O)cc(Cl)c5Cl)cc4CC[C@H]3[C@@H]1CC[C@@H]2O. The van der Waals surface area contributed by atoms with Gasteiger partial charge in [-0.3, -0.25) is 0 Å². The van der Waals surface area contributed by atoms with Crippen LogP contribution in [0.5, 0.6) is 5.75 Å². The molecular weight excluding hydrogens is 497 g/mol. The first-order valence-corrected chi connectivity index (χ1v) is 13.8. The summed E-state index contributed by atoms with van der Waals surface area (Å²) < 4.78 is 29.0. The maximum Gasteiger partial charge on any atom is 0.345 e. The first-order valence-electron chi connectivity index (χ1n) is 11.5. The van der Waals surface area contributed by atoms with Crippen LogP contribution in [-0.2, 0) is 16.4 Å². The van der Waals surface area contributed by atoms with Gasteiger partial charge in [-0.15, -0.1) is 0 Å². The Morgan fingerprint density at radius 3 is 2.65 bits per heavy atom. The van der Waals surface area contributed by atoms with E-state index in [0.717, 1.165) is 56.2 Å². The highest BCUT2D eigenvalue weighted by molar-refractivity contribution is 7.89. The predicted octanol–water partition coefficient (Wildman–Crippen LogP) is 5.08. The van der Waals surface area contributed by atoms with Gasteiger partial charge in [-0.05, 0) is 97.1 Å². The molecule has 0 bridgehead atoms. The van der Waals surface area contributed by atoms with Crippen LogP contribution in [0.3, 0.4) is 0 Å². The van der Waals surface area contributed by atoms with Gasteiger partial charge >= 0.3 is 5.97 Å². The van der Waals surface area contributed by atoms with Gasteiger partial charge in [0.2, 0.25) is 10.0 Å². The average Bonchev–Trinajstić information content (AvgIpc) is 3.09. The van der Waals surface area contributed by atoms with Gasteiger partial charge in [0.05, 0.1) is 26.6 Å². The molecule has 2 aromatic carbocycles. The lowest BCUT2D eigenvalue weighted by Gasteiger charge is -2.50. The van der Waals surface area contributed by atoms with E-state index >= 15 is 0 Å². The number of hydrogen-bond donors (Lipinski definition) is 2. The van der Waals surface area contributed by atoms with Gasteiger partial charge in [-0.1, -0.05) is 36.2 Å². The van der Waals surface area contributed by atoms with Gasteiger partial charge < -0.3 is 9.84 Å². The molecule has 182 valence electrons. The Hall–Kier alpha value is -1.64. The van der Waals surface area contributed by atoms with Crippen molar-refractivity contribution in [2.45, 2.75) is 62.4 Å². The van der Waals surface area contributed by atoms with Gasteiger partial charge in [0.1, 0.15) is 5.75 Å². The molecule has 2 saturated carbocycles. The second-order valence-corrected chi connectivity index (χ2v) is 12.5. The molecule has 2 aromatic rings. The number of aryl methyl sites for hydroxylation is 1. The molecule has 0 aliphatic heterocycles. The quantitative estimate of drug-likeness (QED) is 0.431. The van der Waals surface area contributed by atoms with Crippen molar-refractivity contribution in [1.82, 2.24) is 0 Å². The normalized spacial score (nSPS) is 30.3. The highest BCUT2D eigenvalue weighted by Crippen LogP contribution is 2.60. The number of benzene rings is 2. The maximum atomic E-state index is 12.8. The number of sulfonamides is 1.